The van der Waals surface area contributed by atoms with Crippen molar-refractivity contribution in [2.45, 2.75) is 19.3 Å². The molecule has 0 atom stereocenters. The van der Waals surface area contributed by atoms with Crippen LogP contribution in [0.3, 0.4) is 0 Å². The van der Waals surface area contributed by atoms with E-state index in [2.05, 4.69) is 6.42 Å². The fourth-order valence-corrected chi connectivity index (χ4v) is 0.204. The molecule has 1 fully saturated rings. The van der Waals surface area contributed by atoms with E-state index in [-0.39, 0.29) is 65.4 Å². The molecule has 0 N–H and O–H groups in total. The van der Waals surface area contributed by atoms with Gasteiger partial charge >= 0.3 is 0 Å². The van der Waals surface area contributed by atoms with E-state index in [1.807, 2.05) is 0 Å². The molecule has 0 bridgehead atoms. The van der Waals surface area contributed by atoms with Gasteiger partial charge in [-0.05, 0) is 0 Å². The second kappa shape index (κ2) is 7.21. The Morgan fingerprint density at radius 1 is 1.00 bits per heavy atom. The Morgan fingerprint density at radius 2 is 1.17 bits per heavy atom. The van der Waals surface area contributed by atoms with Crippen molar-refractivity contribution in [3.05, 3.63) is 6.42 Å². The van der Waals surface area contributed by atoms with Gasteiger partial charge in [-0.25, -0.2) is 0 Å². The number of rotatable bonds is 0. The van der Waals surface area contributed by atoms with Gasteiger partial charge in [0.15, 0.2) is 0 Å². The molecular weight excluding hydrogens is 226 g/mol. The summed E-state index contributed by atoms with van der Waals surface area (Å²) in [5.41, 5.74) is 0. The second-order valence-corrected chi connectivity index (χ2v) is 1.22. The van der Waals surface area contributed by atoms with Crippen LogP contribution >= 0.6 is 0 Å². The smallest absolute Gasteiger partial charge is 0 e. The van der Waals surface area contributed by atoms with Crippen LogP contribution in [0.25, 0.3) is 0 Å². The molecule has 2 heteroatoms. The van der Waals surface area contributed by atoms with Gasteiger partial charge in [-0.15, -0.1) is 6.42 Å². The van der Waals surface area contributed by atoms with Gasteiger partial charge in [0.2, 0.25) is 0 Å². The molecular formula is C4H7Y2-. The predicted octanol–water partition coefficient (Wildman–Crippen LogP) is 1.37. The Bertz CT molecular complexity index is 13.5. The SMILES string of the molecule is [CH-]1CCC1.[Y].[Y]. The van der Waals surface area contributed by atoms with Crippen LogP contribution in [0.4, 0.5) is 0 Å². The monoisotopic (exact) mass is 233 g/mol. The van der Waals surface area contributed by atoms with Crippen molar-refractivity contribution in [3.63, 3.8) is 0 Å². The summed E-state index contributed by atoms with van der Waals surface area (Å²) in [6.07, 6.45) is 6.50. The van der Waals surface area contributed by atoms with E-state index in [0.717, 1.165) is 0 Å². The van der Waals surface area contributed by atoms with E-state index < -0.39 is 0 Å². The van der Waals surface area contributed by atoms with E-state index in [9.17, 15) is 0 Å². The van der Waals surface area contributed by atoms with E-state index in [1.54, 1.807) is 0 Å². The van der Waals surface area contributed by atoms with Gasteiger partial charge in [-0.2, -0.15) is 12.8 Å². The minimum atomic E-state index is 0. The van der Waals surface area contributed by atoms with Crippen molar-refractivity contribution >= 4 is 0 Å². The summed E-state index contributed by atoms with van der Waals surface area (Å²) >= 11 is 0. The van der Waals surface area contributed by atoms with Crippen LogP contribution in [0.1, 0.15) is 19.3 Å². The van der Waals surface area contributed by atoms with Crippen LogP contribution in [0.2, 0.25) is 0 Å². The minimum Gasteiger partial charge on any atom is -0.329 e. The molecule has 0 spiro atoms. The van der Waals surface area contributed by atoms with Crippen LogP contribution in [-0.2, 0) is 65.4 Å². The summed E-state index contributed by atoms with van der Waals surface area (Å²) in [5.74, 6) is 0. The minimum absolute atomic E-state index is 0. The molecule has 30 valence electrons. The third kappa shape index (κ3) is 4.37. The van der Waals surface area contributed by atoms with Crippen LogP contribution in [-0.4, -0.2) is 0 Å². The van der Waals surface area contributed by atoms with Crippen LogP contribution in [0.15, 0.2) is 0 Å². The standard InChI is InChI=1S/C4H7.2Y/c1-2-4-3-1;;/h1H,2-4H2;;/q-1;;. The van der Waals surface area contributed by atoms with Gasteiger partial charge < -0.3 is 6.42 Å². The molecule has 1 aliphatic carbocycles. The quantitative estimate of drug-likeness (QED) is 0.554. The zero-order valence-corrected chi connectivity index (χ0v) is 9.53. The zero-order chi connectivity index (χ0) is 2.83. The molecule has 0 aromatic carbocycles. The second-order valence-electron chi connectivity index (χ2n) is 1.22. The fraction of sp³-hybridized carbons (Fsp3) is 0.750. The van der Waals surface area contributed by atoms with Gasteiger partial charge in [0.05, 0.1) is 0 Å². The van der Waals surface area contributed by atoms with Crippen molar-refractivity contribution in [1.29, 1.82) is 0 Å². The van der Waals surface area contributed by atoms with E-state index in [0.29, 0.717) is 0 Å². The summed E-state index contributed by atoms with van der Waals surface area (Å²) in [6.45, 7) is 0. The summed E-state index contributed by atoms with van der Waals surface area (Å²) < 4.78 is 0. The largest absolute Gasteiger partial charge is 0.329 e. The Balaban J connectivity index is 0. The third-order valence-electron chi connectivity index (χ3n) is 0.816. The Hall–Kier alpha value is 2.21. The molecule has 0 unspecified atom stereocenters. The molecule has 0 aliphatic heterocycles. The van der Waals surface area contributed by atoms with Crippen molar-refractivity contribution < 1.29 is 65.4 Å². The molecule has 1 saturated carbocycles. The first-order chi connectivity index (χ1) is 2.00. The van der Waals surface area contributed by atoms with Gasteiger partial charge in [0.1, 0.15) is 0 Å². The molecule has 0 aromatic heterocycles. The molecule has 1 aliphatic rings. The zero-order valence-electron chi connectivity index (χ0n) is 3.85. The molecule has 2 radical (unpaired) electrons. The Labute approximate surface area is 89.6 Å². The van der Waals surface area contributed by atoms with Gasteiger partial charge in [0.25, 0.3) is 0 Å². The maximum Gasteiger partial charge on any atom is 0 e. The first kappa shape index (κ1) is 11.1. The van der Waals surface area contributed by atoms with Crippen molar-refractivity contribution in [2.75, 3.05) is 0 Å². The first-order valence-corrected chi connectivity index (χ1v) is 1.82. The van der Waals surface area contributed by atoms with Crippen LogP contribution < -0.4 is 0 Å². The average molecular weight is 233 g/mol. The Morgan fingerprint density at radius 3 is 1.17 bits per heavy atom. The molecule has 0 saturated heterocycles. The summed E-state index contributed by atoms with van der Waals surface area (Å²) in [4.78, 5) is 0. The number of hydrogen-bond acceptors (Lipinski definition) is 0. The molecule has 6 heavy (non-hydrogen) atoms. The van der Waals surface area contributed by atoms with E-state index in [4.69, 9.17) is 0 Å². The average Bonchev–Trinajstić information content (AvgIpc) is 0.722. The third-order valence-corrected chi connectivity index (χ3v) is 0.816. The summed E-state index contributed by atoms with van der Waals surface area (Å²) in [6, 6.07) is 0. The summed E-state index contributed by atoms with van der Waals surface area (Å²) in [7, 11) is 0. The van der Waals surface area contributed by atoms with Gasteiger partial charge in [-0.3, -0.25) is 0 Å². The van der Waals surface area contributed by atoms with Crippen LogP contribution in [0, 0.1) is 6.42 Å². The van der Waals surface area contributed by atoms with Crippen molar-refractivity contribution in [1.82, 2.24) is 0 Å². The van der Waals surface area contributed by atoms with Crippen molar-refractivity contribution in [3.8, 4) is 0 Å². The predicted molar refractivity (Wildman–Crippen MR) is 18.2 cm³/mol. The van der Waals surface area contributed by atoms with Gasteiger partial charge in [0, 0.05) is 65.4 Å². The van der Waals surface area contributed by atoms with Crippen LogP contribution in [0.5, 0.6) is 0 Å². The molecule has 0 heterocycles. The van der Waals surface area contributed by atoms with E-state index >= 15 is 0 Å². The van der Waals surface area contributed by atoms with Crippen molar-refractivity contribution in [2.24, 2.45) is 0 Å². The van der Waals surface area contributed by atoms with E-state index in [1.165, 1.54) is 19.3 Å². The molecule has 1 rings (SSSR count). The Kier molecular flexibility index (Phi) is 13.3. The molecule has 0 nitrogen and oxygen atoms in total. The van der Waals surface area contributed by atoms with Gasteiger partial charge in [-0.1, -0.05) is 0 Å². The first-order valence-electron chi connectivity index (χ1n) is 1.82. The molecule has 0 aromatic rings. The topological polar surface area (TPSA) is 0 Å². The normalized spacial score (nSPS) is 16.0. The number of hydrogen-bond donors (Lipinski definition) is 0. The summed E-state index contributed by atoms with van der Waals surface area (Å²) in [5, 5.41) is 0. The molecule has 0 amide bonds. The fourth-order valence-electron chi connectivity index (χ4n) is 0.204. The maximum absolute atomic E-state index is 2.31. The maximum atomic E-state index is 2.31.